The van der Waals surface area contributed by atoms with Crippen molar-refractivity contribution in [2.45, 2.75) is 37.9 Å². The number of nitrogens with zero attached hydrogens (tertiary/aromatic N) is 1. The minimum absolute atomic E-state index is 0.0554. The fraction of sp³-hybridized carbons (Fsp3) is 0.348. The van der Waals surface area contributed by atoms with E-state index in [1.807, 2.05) is 30.3 Å². The number of fused-ring (bicyclic) bond motifs is 1. The number of carbonyl (C=O) groups is 3. The van der Waals surface area contributed by atoms with Crippen molar-refractivity contribution in [3.05, 3.63) is 59.7 Å². The number of nitrogens with one attached hydrogen (secondary N) is 2. The van der Waals surface area contributed by atoms with Crippen molar-refractivity contribution in [1.82, 2.24) is 15.5 Å². The fourth-order valence-corrected chi connectivity index (χ4v) is 3.78. The number of amides is 4. The molecule has 1 saturated heterocycles. The molecule has 0 bridgehead atoms. The van der Waals surface area contributed by atoms with Gasteiger partial charge in [0.2, 0.25) is 12.7 Å². The second kappa shape index (κ2) is 9.69. The molecule has 0 aliphatic carbocycles. The van der Waals surface area contributed by atoms with E-state index < -0.39 is 18.1 Å². The van der Waals surface area contributed by atoms with Crippen LogP contribution in [0.5, 0.6) is 11.5 Å². The molecule has 0 spiro atoms. The second-order valence-corrected chi connectivity index (χ2v) is 7.79. The van der Waals surface area contributed by atoms with Crippen molar-refractivity contribution in [3.63, 3.8) is 0 Å². The van der Waals surface area contributed by atoms with Crippen LogP contribution in [0.4, 0.5) is 4.79 Å². The van der Waals surface area contributed by atoms with Crippen LogP contribution in [0.1, 0.15) is 24.0 Å². The van der Waals surface area contributed by atoms with Gasteiger partial charge in [0, 0.05) is 6.42 Å². The topological polar surface area (TPSA) is 117 Å². The number of rotatable bonds is 9. The molecule has 0 radical (unpaired) electrons. The van der Waals surface area contributed by atoms with Gasteiger partial charge in [0.15, 0.2) is 11.5 Å². The van der Waals surface area contributed by atoms with E-state index in [-0.39, 0.29) is 44.6 Å². The Hall–Kier alpha value is -3.59. The van der Waals surface area contributed by atoms with Gasteiger partial charge in [0.05, 0.1) is 19.2 Å². The molecule has 2 aromatic carbocycles. The van der Waals surface area contributed by atoms with Crippen LogP contribution in [0.2, 0.25) is 0 Å². The molecule has 9 nitrogen and oxygen atoms in total. The Morgan fingerprint density at radius 3 is 2.69 bits per heavy atom. The third-order valence-electron chi connectivity index (χ3n) is 5.46. The van der Waals surface area contributed by atoms with E-state index in [1.165, 1.54) is 0 Å². The van der Waals surface area contributed by atoms with E-state index in [0.29, 0.717) is 17.9 Å². The van der Waals surface area contributed by atoms with Crippen LogP contribution in [0.3, 0.4) is 0 Å². The van der Waals surface area contributed by atoms with Crippen LogP contribution < -0.4 is 20.1 Å². The lowest BCUT2D eigenvalue weighted by molar-refractivity contribution is -0.128. The Morgan fingerprint density at radius 1 is 1.12 bits per heavy atom. The van der Waals surface area contributed by atoms with E-state index in [4.69, 9.17) is 9.47 Å². The van der Waals surface area contributed by atoms with Crippen molar-refractivity contribution in [2.24, 2.45) is 0 Å². The van der Waals surface area contributed by atoms with Crippen LogP contribution in [0, 0.1) is 0 Å². The molecular weight excluding hydrogens is 414 g/mol. The first-order valence-electron chi connectivity index (χ1n) is 10.5. The molecule has 4 rings (SSSR count). The molecule has 168 valence electrons. The van der Waals surface area contributed by atoms with Crippen LogP contribution in [-0.2, 0) is 22.6 Å². The van der Waals surface area contributed by atoms with E-state index >= 15 is 0 Å². The third-order valence-corrected chi connectivity index (χ3v) is 5.46. The van der Waals surface area contributed by atoms with Gasteiger partial charge in [-0.05, 0) is 36.1 Å². The highest BCUT2D eigenvalue weighted by molar-refractivity contribution is 6.04. The number of ether oxygens (including phenoxy) is 2. The lowest BCUT2D eigenvalue weighted by Gasteiger charge is -2.17. The van der Waals surface area contributed by atoms with Crippen molar-refractivity contribution in [3.8, 4) is 11.5 Å². The summed E-state index contributed by atoms with van der Waals surface area (Å²) in [7, 11) is 0. The predicted molar refractivity (Wildman–Crippen MR) is 114 cm³/mol. The van der Waals surface area contributed by atoms with Gasteiger partial charge in [-0.2, -0.15) is 0 Å². The van der Waals surface area contributed by atoms with Crippen LogP contribution in [0.15, 0.2) is 48.5 Å². The number of urea groups is 1. The van der Waals surface area contributed by atoms with E-state index in [1.54, 1.807) is 18.2 Å². The molecule has 2 aliphatic rings. The Bertz CT molecular complexity index is 996. The SMILES string of the molecule is O=C(CC[C@@H]1NC(=O)N(Cc2ccc3c(c2)OCO3)C1=O)N[C@H](CO)Cc1ccccc1. The highest BCUT2D eigenvalue weighted by Crippen LogP contribution is 2.33. The Labute approximate surface area is 185 Å². The minimum Gasteiger partial charge on any atom is -0.454 e. The van der Waals surface area contributed by atoms with Gasteiger partial charge in [-0.25, -0.2) is 4.79 Å². The predicted octanol–water partition coefficient (Wildman–Crippen LogP) is 1.34. The number of aliphatic hydroxyl groups is 1. The third kappa shape index (κ3) is 5.00. The normalized spacial score (nSPS) is 17.9. The smallest absolute Gasteiger partial charge is 0.325 e. The lowest BCUT2D eigenvalue weighted by atomic mass is 10.1. The maximum absolute atomic E-state index is 12.7. The molecule has 0 aromatic heterocycles. The quantitative estimate of drug-likeness (QED) is 0.508. The van der Waals surface area contributed by atoms with Gasteiger partial charge in [-0.15, -0.1) is 0 Å². The van der Waals surface area contributed by atoms with Crippen LogP contribution in [0.25, 0.3) is 0 Å². The van der Waals surface area contributed by atoms with Gasteiger partial charge in [0.1, 0.15) is 6.04 Å². The van der Waals surface area contributed by atoms with Crippen molar-refractivity contribution < 1.29 is 29.0 Å². The van der Waals surface area contributed by atoms with Crippen molar-refractivity contribution in [1.29, 1.82) is 0 Å². The van der Waals surface area contributed by atoms with Gasteiger partial charge < -0.3 is 25.2 Å². The zero-order valence-corrected chi connectivity index (χ0v) is 17.5. The van der Waals surface area contributed by atoms with E-state index in [2.05, 4.69) is 10.6 Å². The van der Waals surface area contributed by atoms with Crippen molar-refractivity contribution in [2.75, 3.05) is 13.4 Å². The van der Waals surface area contributed by atoms with Crippen molar-refractivity contribution >= 4 is 17.8 Å². The van der Waals surface area contributed by atoms with E-state index in [0.717, 1.165) is 16.0 Å². The standard InChI is InChI=1S/C23H25N3O6/c27-13-17(10-15-4-2-1-3-5-15)24-21(28)9-7-18-22(29)26(23(30)25-18)12-16-6-8-19-20(11-16)32-14-31-19/h1-6,8,11,17-18,27H,7,9-10,12-14H2,(H,24,28)(H,25,30)/t17-,18-/m0/s1. The summed E-state index contributed by atoms with van der Waals surface area (Å²) < 4.78 is 10.6. The molecule has 3 N–H and O–H groups in total. The van der Waals surface area contributed by atoms with Gasteiger partial charge in [-0.3, -0.25) is 14.5 Å². The number of carbonyl (C=O) groups excluding carboxylic acids is 3. The summed E-state index contributed by atoms with van der Waals surface area (Å²) >= 11 is 0. The van der Waals surface area contributed by atoms with Crippen LogP contribution in [-0.4, -0.2) is 53.3 Å². The highest BCUT2D eigenvalue weighted by atomic mass is 16.7. The molecule has 2 aliphatic heterocycles. The van der Waals surface area contributed by atoms with Crippen LogP contribution >= 0.6 is 0 Å². The monoisotopic (exact) mass is 439 g/mol. The number of hydrogen-bond donors (Lipinski definition) is 3. The van der Waals surface area contributed by atoms with Gasteiger partial charge >= 0.3 is 6.03 Å². The van der Waals surface area contributed by atoms with Gasteiger partial charge in [-0.1, -0.05) is 36.4 Å². The molecule has 32 heavy (non-hydrogen) atoms. The molecular formula is C23H25N3O6. The molecule has 0 saturated carbocycles. The summed E-state index contributed by atoms with van der Waals surface area (Å²) in [6.45, 7) is 0.0608. The number of imide groups is 1. The number of benzene rings is 2. The summed E-state index contributed by atoms with van der Waals surface area (Å²) in [5.41, 5.74) is 1.74. The minimum atomic E-state index is -0.760. The Morgan fingerprint density at radius 2 is 1.91 bits per heavy atom. The summed E-state index contributed by atoms with van der Waals surface area (Å²) in [6, 6.07) is 13.1. The van der Waals surface area contributed by atoms with E-state index in [9.17, 15) is 19.5 Å². The second-order valence-electron chi connectivity index (χ2n) is 7.79. The zero-order chi connectivity index (χ0) is 22.5. The number of hydrogen-bond acceptors (Lipinski definition) is 6. The fourth-order valence-electron chi connectivity index (χ4n) is 3.78. The largest absolute Gasteiger partial charge is 0.454 e. The van der Waals surface area contributed by atoms with Gasteiger partial charge in [0.25, 0.3) is 5.91 Å². The summed E-state index contributed by atoms with van der Waals surface area (Å²) in [5, 5.41) is 15.0. The molecule has 4 amide bonds. The number of aliphatic hydroxyl groups excluding tert-OH is 1. The molecule has 2 aromatic rings. The average molecular weight is 439 g/mol. The zero-order valence-electron chi connectivity index (χ0n) is 17.5. The first kappa shape index (κ1) is 21.6. The summed E-state index contributed by atoms with van der Waals surface area (Å²) in [6.07, 6.45) is 0.739. The maximum atomic E-state index is 12.7. The molecule has 0 unspecified atom stereocenters. The molecule has 2 atom stereocenters. The molecule has 9 heteroatoms. The molecule has 2 heterocycles. The first-order valence-corrected chi connectivity index (χ1v) is 10.5. The molecule has 1 fully saturated rings. The first-order chi connectivity index (χ1) is 15.5. The lowest BCUT2D eigenvalue weighted by Crippen LogP contribution is -2.40. The summed E-state index contributed by atoms with van der Waals surface area (Å²) in [5.74, 6) is 0.555. The average Bonchev–Trinajstić information content (AvgIpc) is 3.37. The maximum Gasteiger partial charge on any atom is 0.325 e. The highest BCUT2D eigenvalue weighted by Gasteiger charge is 2.38. The Kier molecular flexibility index (Phi) is 6.55. The summed E-state index contributed by atoms with van der Waals surface area (Å²) in [4.78, 5) is 38.5. The Balaban J connectivity index is 1.27.